The van der Waals surface area contributed by atoms with Crippen LogP contribution in [-0.4, -0.2) is 23.9 Å². The largest absolute Gasteiger partial charge is 0.398 e. The van der Waals surface area contributed by atoms with Crippen LogP contribution in [-0.2, 0) is 0 Å². The van der Waals surface area contributed by atoms with E-state index in [-0.39, 0.29) is 5.91 Å². The zero-order valence-corrected chi connectivity index (χ0v) is 12.6. The number of nitrogens with two attached hydrogens (primary N) is 1. The van der Waals surface area contributed by atoms with E-state index in [9.17, 15) is 4.79 Å². The SMILES string of the molecule is Cc1c(N)cc(Br)cc1C(=O)N1CC(C)C(C)C1. The van der Waals surface area contributed by atoms with Gasteiger partial charge in [0.2, 0.25) is 0 Å². The fourth-order valence-electron chi connectivity index (χ4n) is 2.39. The second-order valence-corrected chi connectivity index (χ2v) is 6.25. The lowest BCUT2D eigenvalue weighted by atomic mass is 10.0. The number of rotatable bonds is 1. The minimum atomic E-state index is 0.0942. The smallest absolute Gasteiger partial charge is 0.254 e. The van der Waals surface area contributed by atoms with Crippen molar-refractivity contribution in [2.24, 2.45) is 11.8 Å². The molecule has 1 amide bonds. The summed E-state index contributed by atoms with van der Waals surface area (Å²) in [5.41, 5.74) is 8.15. The Morgan fingerprint density at radius 2 is 1.89 bits per heavy atom. The van der Waals surface area contributed by atoms with Crippen molar-refractivity contribution in [3.8, 4) is 0 Å². The monoisotopic (exact) mass is 310 g/mol. The number of carbonyl (C=O) groups excluding carboxylic acids is 1. The molecule has 18 heavy (non-hydrogen) atoms. The lowest BCUT2D eigenvalue weighted by molar-refractivity contribution is 0.0784. The molecular formula is C14H19BrN2O. The average molecular weight is 311 g/mol. The fourth-order valence-corrected chi connectivity index (χ4v) is 2.86. The third-order valence-corrected chi connectivity index (χ3v) is 4.38. The van der Waals surface area contributed by atoms with Gasteiger partial charge in [-0.1, -0.05) is 29.8 Å². The molecule has 2 unspecified atom stereocenters. The Hall–Kier alpha value is -1.03. The Bertz CT molecular complexity index is 477. The molecule has 0 spiro atoms. The van der Waals surface area contributed by atoms with Crippen LogP contribution < -0.4 is 5.73 Å². The molecule has 3 nitrogen and oxygen atoms in total. The quantitative estimate of drug-likeness (QED) is 0.810. The number of hydrogen-bond acceptors (Lipinski definition) is 2. The van der Waals surface area contributed by atoms with Gasteiger partial charge in [-0.05, 0) is 36.5 Å². The molecule has 1 aliphatic heterocycles. The van der Waals surface area contributed by atoms with Gasteiger partial charge in [0.25, 0.3) is 5.91 Å². The van der Waals surface area contributed by atoms with E-state index in [1.165, 1.54) is 0 Å². The summed E-state index contributed by atoms with van der Waals surface area (Å²) in [4.78, 5) is 14.4. The fraction of sp³-hybridized carbons (Fsp3) is 0.500. The predicted octanol–water partition coefficient (Wildman–Crippen LogP) is 3.07. The van der Waals surface area contributed by atoms with Crippen LogP contribution in [0.4, 0.5) is 5.69 Å². The summed E-state index contributed by atoms with van der Waals surface area (Å²) < 4.78 is 0.856. The summed E-state index contributed by atoms with van der Waals surface area (Å²) in [6, 6.07) is 3.70. The van der Waals surface area contributed by atoms with Gasteiger partial charge in [0, 0.05) is 28.8 Å². The van der Waals surface area contributed by atoms with E-state index in [0.29, 0.717) is 23.1 Å². The normalized spacial score (nSPS) is 23.4. The number of benzene rings is 1. The van der Waals surface area contributed by atoms with Gasteiger partial charge in [-0.2, -0.15) is 0 Å². The van der Waals surface area contributed by atoms with Crippen LogP contribution in [0.3, 0.4) is 0 Å². The molecule has 1 heterocycles. The first-order valence-electron chi connectivity index (χ1n) is 6.25. The molecule has 0 aliphatic carbocycles. The Morgan fingerprint density at radius 3 is 2.44 bits per heavy atom. The highest BCUT2D eigenvalue weighted by atomic mass is 79.9. The van der Waals surface area contributed by atoms with Crippen molar-refractivity contribution in [2.45, 2.75) is 20.8 Å². The minimum absolute atomic E-state index is 0.0942. The number of hydrogen-bond donors (Lipinski definition) is 1. The van der Waals surface area contributed by atoms with Gasteiger partial charge in [-0.3, -0.25) is 4.79 Å². The molecule has 0 bridgehead atoms. The van der Waals surface area contributed by atoms with E-state index in [4.69, 9.17) is 5.73 Å². The van der Waals surface area contributed by atoms with Gasteiger partial charge in [0.05, 0.1) is 0 Å². The van der Waals surface area contributed by atoms with Crippen molar-refractivity contribution in [3.63, 3.8) is 0 Å². The van der Waals surface area contributed by atoms with Crippen molar-refractivity contribution in [1.82, 2.24) is 4.90 Å². The van der Waals surface area contributed by atoms with Crippen molar-refractivity contribution in [3.05, 3.63) is 27.7 Å². The molecule has 0 saturated carbocycles. The van der Waals surface area contributed by atoms with Crippen LogP contribution >= 0.6 is 15.9 Å². The maximum Gasteiger partial charge on any atom is 0.254 e. The summed E-state index contributed by atoms with van der Waals surface area (Å²) in [5, 5.41) is 0. The number of likely N-dealkylation sites (tertiary alicyclic amines) is 1. The molecule has 1 aliphatic rings. The lowest BCUT2D eigenvalue weighted by Gasteiger charge is -2.18. The first-order valence-corrected chi connectivity index (χ1v) is 7.04. The third kappa shape index (κ3) is 2.39. The molecule has 2 N–H and O–H groups in total. The van der Waals surface area contributed by atoms with E-state index < -0.39 is 0 Å². The highest BCUT2D eigenvalue weighted by Crippen LogP contribution is 2.28. The lowest BCUT2D eigenvalue weighted by Crippen LogP contribution is -2.29. The zero-order chi connectivity index (χ0) is 13.4. The maximum absolute atomic E-state index is 12.5. The molecule has 4 heteroatoms. The molecular weight excluding hydrogens is 292 g/mol. The Labute approximate surface area is 116 Å². The third-order valence-electron chi connectivity index (χ3n) is 3.92. The van der Waals surface area contributed by atoms with E-state index in [1.807, 2.05) is 24.0 Å². The molecule has 0 radical (unpaired) electrons. The summed E-state index contributed by atoms with van der Waals surface area (Å²) in [7, 11) is 0. The molecule has 0 aromatic heterocycles. The van der Waals surface area contributed by atoms with Crippen molar-refractivity contribution in [2.75, 3.05) is 18.8 Å². The van der Waals surface area contributed by atoms with E-state index in [1.54, 1.807) is 0 Å². The van der Waals surface area contributed by atoms with Crippen LogP contribution in [0.1, 0.15) is 29.8 Å². The highest BCUT2D eigenvalue weighted by Gasteiger charge is 2.30. The van der Waals surface area contributed by atoms with E-state index in [2.05, 4.69) is 29.8 Å². The Kier molecular flexibility index (Phi) is 3.66. The second-order valence-electron chi connectivity index (χ2n) is 5.33. The number of nitrogens with zero attached hydrogens (tertiary/aromatic N) is 1. The summed E-state index contributed by atoms with van der Waals surface area (Å²) in [6.45, 7) is 7.97. The van der Waals surface area contributed by atoms with Crippen LogP contribution in [0.2, 0.25) is 0 Å². The first kappa shape index (κ1) is 13.4. The molecule has 1 aromatic carbocycles. The van der Waals surface area contributed by atoms with Crippen molar-refractivity contribution < 1.29 is 4.79 Å². The Balaban J connectivity index is 2.30. The standard InChI is InChI=1S/C14H19BrN2O/c1-8-6-17(7-9(8)2)14(18)12-4-11(15)5-13(16)10(12)3/h4-5,8-9H,6-7,16H2,1-3H3. The molecule has 1 saturated heterocycles. The van der Waals surface area contributed by atoms with E-state index >= 15 is 0 Å². The van der Waals surface area contributed by atoms with Gasteiger partial charge in [-0.15, -0.1) is 0 Å². The summed E-state index contributed by atoms with van der Waals surface area (Å²) in [5.74, 6) is 1.23. The topological polar surface area (TPSA) is 46.3 Å². The summed E-state index contributed by atoms with van der Waals surface area (Å²) in [6.07, 6.45) is 0. The number of amides is 1. The summed E-state index contributed by atoms with van der Waals surface area (Å²) >= 11 is 3.40. The van der Waals surface area contributed by atoms with Crippen molar-refractivity contribution in [1.29, 1.82) is 0 Å². The van der Waals surface area contributed by atoms with Gasteiger partial charge in [0.15, 0.2) is 0 Å². The number of carbonyl (C=O) groups is 1. The van der Waals surface area contributed by atoms with Crippen molar-refractivity contribution >= 4 is 27.5 Å². The van der Waals surface area contributed by atoms with Gasteiger partial charge in [0.1, 0.15) is 0 Å². The average Bonchev–Trinajstić information content (AvgIpc) is 2.63. The molecule has 1 aromatic rings. The van der Waals surface area contributed by atoms with Crippen LogP contribution in [0.15, 0.2) is 16.6 Å². The predicted molar refractivity (Wildman–Crippen MR) is 77.5 cm³/mol. The van der Waals surface area contributed by atoms with Crippen LogP contribution in [0, 0.1) is 18.8 Å². The van der Waals surface area contributed by atoms with Crippen LogP contribution in [0.25, 0.3) is 0 Å². The molecule has 98 valence electrons. The maximum atomic E-state index is 12.5. The minimum Gasteiger partial charge on any atom is -0.398 e. The van der Waals surface area contributed by atoms with E-state index in [0.717, 1.165) is 23.1 Å². The second kappa shape index (κ2) is 4.92. The molecule has 2 rings (SSSR count). The molecule has 1 fully saturated rings. The number of anilines is 1. The zero-order valence-electron chi connectivity index (χ0n) is 11.0. The van der Waals surface area contributed by atoms with Gasteiger partial charge < -0.3 is 10.6 Å². The Morgan fingerprint density at radius 1 is 1.33 bits per heavy atom. The number of nitrogen functional groups attached to an aromatic ring is 1. The van der Waals surface area contributed by atoms with Crippen LogP contribution in [0.5, 0.6) is 0 Å². The molecule has 2 atom stereocenters. The van der Waals surface area contributed by atoms with Gasteiger partial charge >= 0.3 is 0 Å². The van der Waals surface area contributed by atoms with Gasteiger partial charge in [-0.25, -0.2) is 0 Å². The highest BCUT2D eigenvalue weighted by molar-refractivity contribution is 9.10. The first-order chi connectivity index (χ1) is 8.40. The number of halogens is 1.